The zero-order chi connectivity index (χ0) is 64.9. The van der Waals surface area contributed by atoms with Crippen LogP contribution < -0.4 is 0 Å². The normalized spacial score (nSPS) is 11.5. The van der Waals surface area contributed by atoms with Gasteiger partial charge in [0.15, 0.2) is 11.6 Å². The lowest BCUT2D eigenvalue weighted by atomic mass is 10.00. The van der Waals surface area contributed by atoms with Gasteiger partial charge >= 0.3 is 0 Å². The van der Waals surface area contributed by atoms with E-state index in [1.165, 1.54) is 0 Å². The Morgan fingerprint density at radius 2 is 0.439 bits per heavy atom. The van der Waals surface area contributed by atoms with Crippen LogP contribution in [0.5, 0.6) is 0 Å². The molecule has 18 aromatic rings. The summed E-state index contributed by atoms with van der Waals surface area (Å²) in [5.74, 6) is 1.05. The molecule has 0 saturated heterocycles. The van der Waals surface area contributed by atoms with Crippen molar-refractivity contribution in [3.05, 3.63) is 358 Å². The summed E-state index contributed by atoms with van der Waals surface area (Å²) in [5, 5.41) is 4.33. The first kappa shape index (κ1) is 57.4. The molecule has 458 valence electrons. The Balaban J connectivity index is 1.01. The van der Waals surface area contributed by atoms with Crippen molar-refractivity contribution in [2.45, 2.75) is 0 Å². The van der Waals surface area contributed by atoms with Gasteiger partial charge in [-0.15, -0.1) is 0 Å². The van der Waals surface area contributed by atoms with Gasteiger partial charge in [0, 0.05) is 71.7 Å². The van der Waals surface area contributed by atoms with E-state index in [0.29, 0.717) is 11.6 Å². The Bertz CT molecular complexity index is 5640. The van der Waals surface area contributed by atoms with Gasteiger partial charge in [0.25, 0.3) is 0 Å². The third kappa shape index (κ3) is 10.6. The van der Waals surface area contributed by atoms with E-state index in [0.717, 1.165) is 167 Å². The number of nitrogens with zero attached hydrogens (tertiary/aromatic N) is 7. The first-order chi connectivity index (χ1) is 48.6. The average Bonchev–Trinajstić information content (AvgIpc) is 1.52. The molecule has 98 heavy (non-hydrogen) atoms. The molecule has 0 radical (unpaired) electrons. The summed E-state index contributed by atoms with van der Waals surface area (Å²) in [5.41, 5.74) is 24.8. The summed E-state index contributed by atoms with van der Waals surface area (Å²) < 4.78 is 4.85. The Kier molecular flexibility index (Phi) is 14.4. The fraction of sp³-hybridized carbons (Fsp3) is 0. The highest BCUT2D eigenvalue weighted by atomic mass is 15.0. The Morgan fingerprint density at radius 3 is 0.765 bits per heavy atom. The van der Waals surface area contributed by atoms with E-state index in [4.69, 9.17) is 24.9 Å². The Morgan fingerprint density at radius 1 is 0.173 bits per heavy atom. The van der Waals surface area contributed by atoms with Crippen LogP contribution in [0, 0.1) is 0 Å². The highest BCUT2D eigenvalue weighted by molar-refractivity contribution is 6.14. The maximum absolute atomic E-state index is 5.79. The van der Waals surface area contributed by atoms with Crippen LogP contribution in [0.15, 0.2) is 358 Å². The molecule has 0 unspecified atom stereocenters. The molecule has 7 nitrogen and oxygen atoms in total. The molecule has 0 saturated carbocycles. The summed E-state index contributed by atoms with van der Waals surface area (Å²) in [6.07, 6.45) is 0. The van der Waals surface area contributed by atoms with Crippen LogP contribution >= 0.6 is 0 Å². The summed E-state index contributed by atoms with van der Waals surface area (Å²) >= 11 is 0. The highest BCUT2D eigenvalue weighted by Gasteiger charge is 2.28. The number of fused-ring (bicyclic) bond motifs is 6. The minimum absolute atomic E-state index is 0.527. The predicted molar refractivity (Wildman–Crippen MR) is 404 cm³/mol. The molecule has 0 amide bonds. The van der Waals surface area contributed by atoms with Crippen molar-refractivity contribution in [2.75, 3.05) is 0 Å². The molecule has 7 heteroatoms. The van der Waals surface area contributed by atoms with Crippen LogP contribution in [0.3, 0.4) is 0 Å². The minimum Gasteiger partial charge on any atom is -0.309 e. The monoisotopic (exact) mass is 1250 g/mol. The van der Waals surface area contributed by atoms with Gasteiger partial charge < -0.3 is 9.13 Å². The smallest absolute Gasteiger partial charge is 0.162 e. The second kappa shape index (κ2) is 24.6. The molecule has 5 heterocycles. The van der Waals surface area contributed by atoms with Crippen molar-refractivity contribution in [2.24, 2.45) is 0 Å². The number of hydrogen-bond donors (Lipinski definition) is 0. The molecule has 0 aliphatic carbocycles. The lowest BCUT2D eigenvalue weighted by Gasteiger charge is -2.22. The van der Waals surface area contributed by atoms with Gasteiger partial charge in [-0.3, -0.25) is 0 Å². The first-order valence-corrected chi connectivity index (χ1v) is 33.1. The number of pyridine rings is 1. The van der Waals surface area contributed by atoms with E-state index in [-0.39, 0.29) is 0 Å². The minimum atomic E-state index is 0.527. The lowest BCUT2D eigenvalue weighted by molar-refractivity contribution is 1.10. The maximum atomic E-state index is 5.79. The number of benzene rings is 13. The van der Waals surface area contributed by atoms with Gasteiger partial charge in [-0.05, 0) is 118 Å². The van der Waals surface area contributed by atoms with Crippen molar-refractivity contribution in [1.82, 2.24) is 34.1 Å². The maximum Gasteiger partial charge on any atom is 0.162 e. The molecule has 0 atom stereocenters. The van der Waals surface area contributed by atoms with Crippen molar-refractivity contribution < 1.29 is 0 Å². The number of aromatic nitrogens is 7. The van der Waals surface area contributed by atoms with Crippen LogP contribution in [-0.4, -0.2) is 34.1 Å². The summed E-state index contributed by atoms with van der Waals surface area (Å²) in [7, 11) is 0. The van der Waals surface area contributed by atoms with Crippen LogP contribution in [0.25, 0.3) is 179 Å². The number of hydrogen-bond acceptors (Lipinski definition) is 5. The fourth-order valence-electron chi connectivity index (χ4n) is 14.0. The number of rotatable bonds is 13. The zero-order valence-electron chi connectivity index (χ0n) is 53.2. The second-order valence-corrected chi connectivity index (χ2v) is 24.7. The second-order valence-electron chi connectivity index (χ2n) is 24.7. The third-order valence-corrected chi connectivity index (χ3v) is 18.8. The van der Waals surface area contributed by atoms with Crippen molar-refractivity contribution in [1.29, 1.82) is 0 Å². The zero-order valence-corrected chi connectivity index (χ0v) is 53.2. The van der Waals surface area contributed by atoms with E-state index in [1.807, 2.05) is 6.07 Å². The molecule has 0 aliphatic heterocycles. The molecule has 0 aliphatic rings. The van der Waals surface area contributed by atoms with E-state index < -0.39 is 0 Å². The largest absolute Gasteiger partial charge is 0.309 e. The van der Waals surface area contributed by atoms with Gasteiger partial charge in [-0.25, -0.2) is 24.9 Å². The van der Waals surface area contributed by atoms with Gasteiger partial charge in [0.05, 0.1) is 61.9 Å². The molecule has 5 aromatic heterocycles. The van der Waals surface area contributed by atoms with Crippen LogP contribution in [0.4, 0.5) is 0 Å². The van der Waals surface area contributed by atoms with Crippen LogP contribution in [0.1, 0.15) is 0 Å². The molecule has 0 fully saturated rings. The molecular formula is C91H59N7. The SMILES string of the molecule is c1ccc(-c2ccc3c(c2)c2cc(-c4ccccc4)ccc2n3-c2cc(-c3nc(-c4ccccc4)cc(-c4ccccc4)n3)c(-n3c4ccc(-c5ccccc5)cc4c4cc(-c5cccc(-c6ccccc6)n5)ccc43)c(-c3nc(-c4ccccc4)cc(-c4ccccc4)n3)c2)cc1. The predicted octanol–water partition coefficient (Wildman–Crippen LogP) is 23.2. The Labute approximate surface area is 567 Å². The summed E-state index contributed by atoms with van der Waals surface area (Å²) in [6, 6.07) is 127. The van der Waals surface area contributed by atoms with Crippen molar-refractivity contribution >= 4 is 43.6 Å². The quantitative estimate of drug-likeness (QED) is 0.115. The molecule has 18 rings (SSSR count). The molecule has 0 bridgehead atoms. The van der Waals surface area contributed by atoms with E-state index in [2.05, 4.69) is 361 Å². The van der Waals surface area contributed by atoms with Crippen molar-refractivity contribution in [3.63, 3.8) is 0 Å². The van der Waals surface area contributed by atoms with Gasteiger partial charge in [0.2, 0.25) is 0 Å². The standard InChI is InChI=1S/C91H59N7/c1-9-26-60(27-10-1)68-44-48-85-73(52-68)74-53-69(61-28-11-2-12-29-61)45-49-86(74)97(85)72-56-77(90-93-81(64-34-17-5-18-35-64)58-82(94-90)65-36-19-6-20-37-65)89(78(57-72)91-95-83(66-38-21-7-22-39-66)59-84(96-91)67-40-23-8-24-41-67)98-87-50-46-70(62-30-13-3-14-31-62)54-75(87)76-55-71(47-51-88(76)98)80-43-25-42-79(92-80)63-32-15-4-16-33-63/h1-59H. The molecule has 0 N–H and O–H groups in total. The summed E-state index contributed by atoms with van der Waals surface area (Å²) in [6.45, 7) is 0. The van der Waals surface area contributed by atoms with Crippen LogP contribution in [-0.2, 0) is 0 Å². The van der Waals surface area contributed by atoms with Gasteiger partial charge in [-0.2, -0.15) is 0 Å². The Hall–Kier alpha value is -13.2. The average molecular weight is 1250 g/mol. The molecule has 13 aromatic carbocycles. The van der Waals surface area contributed by atoms with E-state index in [1.54, 1.807) is 0 Å². The fourth-order valence-corrected chi connectivity index (χ4v) is 14.0. The van der Waals surface area contributed by atoms with Crippen LogP contribution in [0.2, 0.25) is 0 Å². The topological polar surface area (TPSA) is 74.3 Å². The third-order valence-electron chi connectivity index (χ3n) is 18.8. The first-order valence-electron chi connectivity index (χ1n) is 33.1. The van der Waals surface area contributed by atoms with Gasteiger partial charge in [-0.1, -0.05) is 273 Å². The lowest BCUT2D eigenvalue weighted by Crippen LogP contribution is -2.08. The van der Waals surface area contributed by atoms with Gasteiger partial charge in [0.1, 0.15) is 0 Å². The van der Waals surface area contributed by atoms with E-state index >= 15 is 0 Å². The summed E-state index contributed by atoms with van der Waals surface area (Å²) in [4.78, 5) is 28.5. The molecular weight excluding hydrogens is 1190 g/mol. The molecule has 0 spiro atoms. The van der Waals surface area contributed by atoms with E-state index in [9.17, 15) is 0 Å². The highest BCUT2D eigenvalue weighted by Crippen LogP contribution is 2.47. The van der Waals surface area contributed by atoms with Crippen molar-refractivity contribution in [3.8, 4) is 135 Å².